The Balaban J connectivity index is 1.85. The Morgan fingerprint density at radius 3 is 2.54 bits per heavy atom. The van der Waals surface area contributed by atoms with Gasteiger partial charge in [0.25, 0.3) is 0 Å². The summed E-state index contributed by atoms with van der Waals surface area (Å²) in [5, 5.41) is 9.43. The quantitative estimate of drug-likeness (QED) is 0.597. The summed E-state index contributed by atoms with van der Waals surface area (Å²) in [5.41, 5.74) is 5.07. The Labute approximate surface area is 77.7 Å². The molecule has 1 atom stereocenters. The minimum atomic E-state index is -0.682. The number of carbonyl (C=O) groups excluding carboxylic acids is 1. The highest BCUT2D eigenvalue weighted by atomic mass is 16.3. The number of rotatable bonds is 2. The van der Waals surface area contributed by atoms with Crippen molar-refractivity contribution in [2.45, 2.75) is 31.4 Å². The van der Waals surface area contributed by atoms with Crippen LogP contribution in [0.5, 0.6) is 0 Å². The van der Waals surface area contributed by atoms with Crippen LogP contribution in [0.1, 0.15) is 19.8 Å². The zero-order valence-corrected chi connectivity index (χ0v) is 7.86. The fourth-order valence-electron chi connectivity index (χ4n) is 1.80. The van der Waals surface area contributed by atoms with Gasteiger partial charge in [-0.1, -0.05) is 0 Å². The molecule has 0 bridgehead atoms. The highest BCUT2D eigenvalue weighted by Gasteiger charge is 2.44. The van der Waals surface area contributed by atoms with Gasteiger partial charge in [-0.05, 0) is 25.7 Å². The number of nitrogens with two attached hydrogens (primary N) is 1. The molecule has 1 aliphatic heterocycles. The Morgan fingerprint density at radius 1 is 1.62 bits per heavy atom. The molecule has 2 aliphatic rings. The fourth-order valence-corrected chi connectivity index (χ4v) is 1.80. The van der Waals surface area contributed by atoms with Crippen molar-refractivity contribution in [1.29, 1.82) is 0 Å². The van der Waals surface area contributed by atoms with Gasteiger partial charge in [0.1, 0.15) is 0 Å². The van der Waals surface area contributed by atoms with Gasteiger partial charge in [-0.3, -0.25) is 4.79 Å². The van der Waals surface area contributed by atoms with Gasteiger partial charge in [0.15, 0.2) is 0 Å². The molecule has 0 radical (unpaired) electrons. The van der Waals surface area contributed by atoms with Crippen molar-refractivity contribution in [1.82, 2.24) is 4.90 Å². The second-order valence-electron chi connectivity index (χ2n) is 4.55. The number of amides is 1. The summed E-state index contributed by atoms with van der Waals surface area (Å²) in [5.74, 6) is 0.409. The largest absolute Gasteiger partial charge is 0.386 e. The van der Waals surface area contributed by atoms with E-state index >= 15 is 0 Å². The molecule has 4 heteroatoms. The first-order valence-corrected chi connectivity index (χ1v) is 4.76. The Hall–Kier alpha value is -0.610. The molecule has 0 unspecified atom stereocenters. The predicted molar refractivity (Wildman–Crippen MR) is 47.9 cm³/mol. The number of hydrogen-bond acceptors (Lipinski definition) is 3. The highest BCUT2D eigenvalue weighted by Crippen LogP contribution is 2.33. The lowest BCUT2D eigenvalue weighted by atomic mass is 9.95. The van der Waals surface area contributed by atoms with E-state index < -0.39 is 5.60 Å². The normalized spacial score (nSPS) is 28.1. The van der Waals surface area contributed by atoms with Gasteiger partial charge in [-0.2, -0.15) is 0 Å². The van der Waals surface area contributed by atoms with Crippen LogP contribution in [0.2, 0.25) is 0 Å². The van der Waals surface area contributed by atoms with E-state index in [1.165, 1.54) is 0 Å². The summed E-state index contributed by atoms with van der Waals surface area (Å²) in [6.07, 6.45) is 2.16. The van der Waals surface area contributed by atoms with Crippen LogP contribution in [0.4, 0.5) is 0 Å². The van der Waals surface area contributed by atoms with Gasteiger partial charge < -0.3 is 15.7 Å². The third-order valence-corrected chi connectivity index (χ3v) is 2.79. The maximum Gasteiger partial charge on any atom is 0.239 e. The van der Waals surface area contributed by atoms with E-state index in [1.54, 1.807) is 11.8 Å². The van der Waals surface area contributed by atoms with Crippen LogP contribution in [-0.2, 0) is 4.79 Å². The topological polar surface area (TPSA) is 66.6 Å². The summed E-state index contributed by atoms with van der Waals surface area (Å²) in [7, 11) is 0. The number of hydrogen-bond donors (Lipinski definition) is 2. The molecule has 74 valence electrons. The molecular weight excluding hydrogens is 168 g/mol. The van der Waals surface area contributed by atoms with E-state index in [0.29, 0.717) is 19.0 Å². The molecule has 2 rings (SSSR count). The van der Waals surface area contributed by atoms with Crippen LogP contribution in [0, 0.1) is 5.92 Å². The summed E-state index contributed by atoms with van der Waals surface area (Å²) in [4.78, 5) is 13.2. The van der Waals surface area contributed by atoms with Crippen molar-refractivity contribution in [3.8, 4) is 0 Å². The minimum Gasteiger partial charge on any atom is -0.386 e. The molecule has 0 aromatic rings. The summed E-state index contributed by atoms with van der Waals surface area (Å²) in [6, 6.07) is -0.323. The van der Waals surface area contributed by atoms with Crippen molar-refractivity contribution in [3.05, 3.63) is 0 Å². The summed E-state index contributed by atoms with van der Waals surface area (Å²) < 4.78 is 0. The van der Waals surface area contributed by atoms with E-state index in [-0.39, 0.29) is 11.9 Å². The highest BCUT2D eigenvalue weighted by molar-refractivity contribution is 5.83. The Morgan fingerprint density at radius 2 is 2.15 bits per heavy atom. The first kappa shape index (κ1) is 8.97. The molecule has 13 heavy (non-hydrogen) atoms. The van der Waals surface area contributed by atoms with Crippen LogP contribution in [0.3, 0.4) is 0 Å². The van der Waals surface area contributed by atoms with Crippen molar-refractivity contribution in [2.75, 3.05) is 13.1 Å². The van der Waals surface area contributed by atoms with Gasteiger partial charge in [0.05, 0.1) is 24.7 Å². The van der Waals surface area contributed by atoms with Gasteiger partial charge in [0.2, 0.25) is 5.91 Å². The van der Waals surface area contributed by atoms with Crippen LogP contribution in [0.15, 0.2) is 0 Å². The zero-order valence-electron chi connectivity index (χ0n) is 7.86. The number of nitrogens with zero attached hydrogens (tertiary/aromatic N) is 1. The average Bonchev–Trinajstić information content (AvgIpc) is 2.79. The smallest absolute Gasteiger partial charge is 0.239 e. The average molecular weight is 184 g/mol. The molecular formula is C9H16N2O2. The summed E-state index contributed by atoms with van der Waals surface area (Å²) >= 11 is 0. The maximum absolute atomic E-state index is 11.6. The summed E-state index contributed by atoms with van der Waals surface area (Å²) in [6.45, 7) is 2.61. The van der Waals surface area contributed by atoms with Crippen molar-refractivity contribution in [2.24, 2.45) is 11.7 Å². The minimum absolute atomic E-state index is 0.00836. The van der Waals surface area contributed by atoms with E-state index in [2.05, 4.69) is 0 Å². The standard InChI is InChI=1S/C9H16N2O2/c1-9(13)4-11(5-9)8(12)7(10)6-2-3-6/h6-7,13H,2-5,10H2,1H3/t7-/m1/s1. The van der Waals surface area contributed by atoms with E-state index in [1.807, 2.05) is 0 Å². The van der Waals surface area contributed by atoms with Crippen molar-refractivity contribution >= 4 is 5.91 Å². The molecule has 0 aromatic heterocycles. The number of carbonyl (C=O) groups is 1. The fraction of sp³-hybridized carbons (Fsp3) is 0.889. The maximum atomic E-state index is 11.6. The predicted octanol–water partition coefficient (Wildman–Crippen LogP) is -0.683. The van der Waals surface area contributed by atoms with Crippen LogP contribution >= 0.6 is 0 Å². The van der Waals surface area contributed by atoms with E-state index in [9.17, 15) is 9.90 Å². The second kappa shape index (κ2) is 2.69. The molecule has 1 saturated heterocycles. The number of aliphatic hydroxyl groups is 1. The van der Waals surface area contributed by atoms with Crippen LogP contribution in [-0.4, -0.2) is 40.6 Å². The molecule has 1 saturated carbocycles. The SMILES string of the molecule is CC1(O)CN(C(=O)[C@H](N)C2CC2)C1. The first-order chi connectivity index (χ1) is 5.99. The first-order valence-electron chi connectivity index (χ1n) is 4.76. The zero-order chi connectivity index (χ0) is 9.64. The molecule has 1 amide bonds. The van der Waals surface area contributed by atoms with Crippen LogP contribution in [0.25, 0.3) is 0 Å². The Kier molecular flexibility index (Phi) is 1.85. The number of β-amino-alcohol motifs (C(OH)–C–C–N with tert-alkyl or cyclic N) is 1. The molecule has 1 aliphatic carbocycles. The molecule has 1 heterocycles. The third kappa shape index (κ3) is 1.69. The van der Waals surface area contributed by atoms with Crippen molar-refractivity contribution in [3.63, 3.8) is 0 Å². The van der Waals surface area contributed by atoms with E-state index in [4.69, 9.17) is 5.73 Å². The molecule has 0 spiro atoms. The van der Waals surface area contributed by atoms with Crippen molar-refractivity contribution < 1.29 is 9.90 Å². The molecule has 3 N–H and O–H groups in total. The third-order valence-electron chi connectivity index (χ3n) is 2.79. The molecule has 0 aromatic carbocycles. The Bertz CT molecular complexity index is 228. The van der Waals surface area contributed by atoms with Crippen LogP contribution < -0.4 is 5.73 Å². The van der Waals surface area contributed by atoms with E-state index in [0.717, 1.165) is 12.8 Å². The molecule has 4 nitrogen and oxygen atoms in total. The lowest BCUT2D eigenvalue weighted by Gasteiger charge is -2.45. The van der Waals surface area contributed by atoms with Gasteiger partial charge in [-0.15, -0.1) is 0 Å². The lowest BCUT2D eigenvalue weighted by Crippen LogP contribution is -2.64. The monoisotopic (exact) mass is 184 g/mol. The lowest BCUT2D eigenvalue weighted by molar-refractivity contribution is -0.154. The van der Waals surface area contributed by atoms with Gasteiger partial charge in [-0.25, -0.2) is 0 Å². The number of likely N-dealkylation sites (tertiary alicyclic amines) is 1. The van der Waals surface area contributed by atoms with Gasteiger partial charge in [0, 0.05) is 0 Å². The second-order valence-corrected chi connectivity index (χ2v) is 4.55. The van der Waals surface area contributed by atoms with Gasteiger partial charge >= 0.3 is 0 Å². The molecule has 2 fully saturated rings.